The van der Waals surface area contributed by atoms with Crippen LogP contribution in [0.3, 0.4) is 0 Å². The van der Waals surface area contributed by atoms with Crippen LogP contribution >= 0.6 is 22.6 Å². The molecule has 2 atom stereocenters. The molecule has 0 bridgehead atoms. The van der Waals surface area contributed by atoms with E-state index >= 15 is 0 Å². The van der Waals surface area contributed by atoms with Crippen LogP contribution in [0.5, 0.6) is 5.75 Å². The second kappa shape index (κ2) is 11.5. The van der Waals surface area contributed by atoms with E-state index in [0.29, 0.717) is 19.6 Å². The van der Waals surface area contributed by atoms with E-state index in [9.17, 15) is 24.0 Å². The van der Waals surface area contributed by atoms with Gasteiger partial charge in [-0.2, -0.15) is 4.73 Å². The van der Waals surface area contributed by atoms with Gasteiger partial charge in [-0.3, -0.25) is 9.59 Å². The van der Waals surface area contributed by atoms with Crippen LogP contribution < -0.4 is 20.1 Å². The Kier molecular flexibility index (Phi) is 8.18. The number of rotatable bonds is 9. The van der Waals surface area contributed by atoms with Crippen LogP contribution in [0.2, 0.25) is 0 Å². The van der Waals surface area contributed by atoms with E-state index in [-0.39, 0.29) is 31.0 Å². The number of carbonyl (C=O) groups excluding carboxylic acids is 3. The lowest BCUT2D eigenvalue weighted by molar-refractivity contribution is -0.614. The van der Waals surface area contributed by atoms with Crippen LogP contribution in [0.25, 0.3) is 0 Å². The minimum atomic E-state index is -1.44. The topological polar surface area (TPSA) is 135 Å². The molecule has 3 aromatic rings. The van der Waals surface area contributed by atoms with Gasteiger partial charge in [-0.1, -0.05) is 18.2 Å². The van der Waals surface area contributed by atoms with Crippen LogP contribution in [0.1, 0.15) is 17.3 Å². The summed E-state index contributed by atoms with van der Waals surface area (Å²) < 4.78 is 20.9. The Morgan fingerprint density at radius 3 is 2.65 bits per heavy atom. The highest BCUT2D eigenvalue weighted by Crippen LogP contribution is 2.27. The Hall–Kier alpha value is -3.78. The first-order valence-corrected chi connectivity index (χ1v) is 12.3. The second-order valence-electron chi connectivity index (χ2n) is 8.08. The molecule has 1 fully saturated rings. The zero-order valence-electron chi connectivity index (χ0n) is 19.3. The quantitative estimate of drug-likeness (QED) is 0.146. The first kappa shape index (κ1) is 26.3. The highest BCUT2D eigenvalue weighted by molar-refractivity contribution is 14.1. The molecule has 1 aliphatic rings. The van der Waals surface area contributed by atoms with Gasteiger partial charge < -0.3 is 25.7 Å². The number of pyridine rings is 1. The Bertz CT molecular complexity index is 1320. The van der Waals surface area contributed by atoms with Gasteiger partial charge in [0, 0.05) is 15.7 Å². The summed E-state index contributed by atoms with van der Waals surface area (Å²) in [7, 11) is 0. The van der Waals surface area contributed by atoms with Crippen LogP contribution in [0, 0.1) is 14.6 Å². The standard InChI is InChI=1S/C25H22FIN4O6/c26-19-13-16(27)6-9-20(19)28-23(33)21(14-17-3-1-2-10-30(17)36)31-24(34)22(29-25(31)35)15-4-7-18(8-5-15)37-12-11-32/h1-10,13,21-22,32H,11-12,14H2,(H,28,33)(H,29,35)/t21-,22+/m0/s1. The smallest absolute Gasteiger partial charge is 0.325 e. The van der Waals surface area contributed by atoms with Gasteiger partial charge in [0.1, 0.15) is 30.3 Å². The van der Waals surface area contributed by atoms with Crippen molar-refractivity contribution in [1.82, 2.24) is 10.2 Å². The highest BCUT2D eigenvalue weighted by Gasteiger charge is 2.46. The number of imide groups is 1. The Morgan fingerprint density at radius 1 is 1.22 bits per heavy atom. The molecule has 2 aromatic carbocycles. The van der Waals surface area contributed by atoms with Gasteiger partial charge in [-0.05, 0) is 58.5 Å². The average molecular weight is 620 g/mol. The number of urea groups is 1. The number of carbonyl (C=O) groups is 3. The Labute approximate surface area is 224 Å². The number of aliphatic hydroxyl groups excluding tert-OH is 1. The van der Waals surface area contributed by atoms with E-state index < -0.39 is 35.7 Å². The number of anilines is 1. The summed E-state index contributed by atoms with van der Waals surface area (Å²) >= 11 is 1.93. The molecule has 0 radical (unpaired) electrons. The monoisotopic (exact) mass is 620 g/mol. The van der Waals surface area contributed by atoms with E-state index in [2.05, 4.69) is 10.6 Å². The number of benzene rings is 2. The molecule has 12 heteroatoms. The minimum Gasteiger partial charge on any atom is -0.619 e. The summed E-state index contributed by atoms with van der Waals surface area (Å²) in [4.78, 5) is 40.4. The Balaban J connectivity index is 1.62. The molecule has 4 amide bonds. The molecule has 3 N–H and O–H groups in total. The highest BCUT2D eigenvalue weighted by atomic mass is 127. The molecule has 0 aliphatic carbocycles. The molecule has 0 spiro atoms. The zero-order chi connectivity index (χ0) is 26.5. The maximum atomic E-state index is 14.4. The number of aliphatic hydroxyl groups is 1. The summed E-state index contributed by atoms with van der Waals surface area (Å²) in [5.74, 6) is -1.75. The van der Waals surface area contributed by atoms with Crippen molar-refractivity contribution in [3.63, 3.8) is 0 Å². The van der Waals surface area contributed by atoms with Crippen LogP contribution in [-0.2, 0) is 16.0 Å². The lowest BCUT2D eigenvalue weighted by atomic mass is 10.0. The van der Waals surface area contributed by atoms with E-state index in [1.807, 2.05) is 22.6 Å². The third-order valence-corrected chi connectivity index (χ3v) is 6.33. The van der Waals surface area contributed by atoms with Crippen molar-refractivity contribution in [2.45, 2.75) is 18.5 Å². The van der Waals surface area contributed by atoms with Gasteiger partial charge in [0.2, 0.25) is 5.91 Å². The van der Waals surface area contributed by atoms with Gasteiger partial charge in [-0.15, -0.1) is 0 Å². The molecule has 10 nitrogen and oxygen atoms in total. The minimum absolute atomic E-state index is 0.101. The first-order chi connectivity index (χ1) is 17.8. The fourth-order valence-corrected chi connectivity index (χ4v) is 4.32. The number of hydrogen-bond donors (Lipinski definition) is 3. The third-order valence-electron chi connectivity index (χ3n) is 5.65. The lowest BCUT2D eigenvalue weighted by Crippen LogP contribution is -2.50. The van der Waals surface area contributed by atoms with E-state index in [4.69, 9.17) is 9.84 Å². The maximum absolute atomic E-state index is 14.4. The van der Waals surface area contributed by atoms with Crippen molar-refractivity contribution < 1.29 is 33.3 Å². The lowest BCUT2D eigenvalue weighted by Gasteiger charge is -2.24. The van der Waals surface area contributed by atoms with E-state index in [0.717, 1.165) is 4.90 Å². The molecule has 4 rings (SSSR count). The summed E-state index contributed by atoms with van der Waals surface area (Å²) in [6.45, 7) is -0.0579. The molecule has 1 saturated heterocycles. The van der Waals surface area contributed by atoms with Crippen LogP contribution in [0.15, 0.2) is 66.9 Å². The van der Waals surface area contributed by atoms with Crippen molar-refractivity contribution >= 4 is 46.1 Å². The van der Waals surface area contributed by atoms with Gasteiger partial charge in [0.05, 0.1) is 18.7 Å². The van der Waals surface area contributed by atoms with Crippen LogP contribution in [-0.4, -0.2) is 47.1 Å². The predicted octanol–water partition coefficient (Wildman–Crippen LogP) is 2.28. The molecular formula is C25H22FIN4O6. The number of ether oxygens (including phenoxy) is 1. The SMILES string of the molecule is O=C(Nc1ccc(I)cc1F)[C@H](Cc1cccc[n+]1[O-])N1C(=O)N[C@H](c2ccc(OCCO)cc2)C1=O. The first-order valence-electron chi connectivity index (χ1n) is 11.2. The fraction of sp³-hybridized carbons (Fsp3) is 0.200. The van der Waals surface area contributed by atoms with Gasteiger partial charge >= 0.3 is 6.03 Å². The van der Waals surface area contributed by atoms with E-state index in [1.165, 1.54) is 30.5 Å². The number of nitrogens with one attached hydrogen (secondary N) is 2. The molecule has 37 heavy (non-hydrogen) atoms. The summed E-state index contributed by atoms with van der Waals surface area (Å²) in [6, 6.07) is 11.7. The predicted molar refractivity (Wildman–Crippen MR) is 138 cm³/mol. The molecule has 1 aliphatic heterocycles. The van der Waals surface area contributed by atoms with E-state index in [1.54, 1.807) is 36.4 Å². The molecule has 192 valence electrons. The normalized spacial score (nSPS) is 15.9. The molecule has 2 heterocycles. The summed E-state index contributed by atoms with van der Waals surface area (Å²) in [5, 5.41) is 26.2. The van der Waals surface area contributed by atoms with Crippen molar-refractivity contribution in [2.24, 2.45) is 0 Å². The number of hydrogen-bond acceptors (Lipinski definition) is 6. The largest absolute Gasteiger partial charge is 0.619 e. The van der Waals surface area contributed by atoms with Gasteiger partial charge in [-0.25, -0.2) is 14.1 Å². The van der Waals surface area contributed by atoms with Gasteiger partial charge in [0.15, 0.2) is 11.9 Å². The van der Waals surface area contributed by atoms with Crippen molar-refractivity contribution in [3.8, 4) is 5.75 Å². The number of aromatic nitrogens is 1. The Morgan fingerprint density at radius 2 is 1.97 bits per heavy atom. The number of amides is 4. The zero-order valence-corrected chi connectivity index (χ0v) is 21.4. The maximum Gasteiger partial charge on any atom is 0.325 e. The second-order valence-corrected chi connectivity index (χ2v) is 9.33. The van der Waals surface area contributed by atoms with Crippen LogP contribution in [0.4, 0.5) is 14.9 Å². The summed E-state index contributed by atoms with van der Waals surface area (Å²) in [6.07, 6.45) is 0.945. The molecule has 0 saturated carbocycles. The average Bonchev–Trinajstić information content (AvgIpc) is 3.17. The fourth-order valence-electron chi connectivity index (χ4n) is 3.86. The number of nitrogens with zero attached hydrogens (tertiary/aromatic N) is 2. The van der Waals surface area contributed by atoms with Gasteiger partial charge in [0.25, 0.3) is 5.91 Å². The van der Waals surface area contributed by atoms with Crippen molar-refractivity contribution in [3.05, 3.63) is 92.7 Å². The van der Waals surface area contributed by atoms with Crippen molar-refractivity contribution in [2.75, 3.05) is 18.5 Å². The molecule has 0 unspecified atom stereocenters. The van der Waals surface area contributed by atoms with Crippen molar-refractivity contribution in [1.29, 1.82) is 0 Å². The number of halogens is 2. The molecular weight excluding hydrogens is 598 g/mol. The molecule has 1 aromatic heterocycles. The summed E-state index contributed by atoms with van der Waals surface area (Å²) in [5.41, 5.74) is 0.458. The third kappa shape index (κ3) is 5.97.